The van der Waals surface area contributed by atoms with Gasteiger partial charge in [0.1, 0.15) is 6.61 Å². The molecule has 0 bridgehead atoms. The number of amides is 2. The minimum absolute atomic E-state index is 0.229. The summed E-state index contributed by atoms with van der Waals surface area (Å²) in [5.41, 5.74) is 0.901. The first-order chi connectivity index (χ1) is 14.1. The Morgan fingerprint density at radius 3 is 1.62 bits per heavy atom. The summed E-state index contributed by atoms with van der Waals surface area (Å²) in [4.78, 5) is 25.6. The number of benzene rings is 1. The maximum absolute atomic E-state index is 12.2. The number of carbonyl (C=O) groups excluding carboxylic acids is 2. The molecule has 1 aromatic rings. The number of hydrogen-bond acceptors (Lipinski definition) is 7. The molecule has 8 nitrogen and oxygen atoms in total. The largest absolute Gasteiger partial charge is 0.496 e. The molecule has 0 N–H and O–H groups in total. The maximum Gasteiger partial charge on any atom is 0.261 e. The molecule has 8 heteroatoms. The van der Waals surface area contributed by atoms with E-state index in [4.69, 9.17) is 23.7 Å². The Kier molecular flexibility index (Phi) is 10.4. The van der Waals surface area contributed by atoms with E-state index in [0.717, 1.165) is 0 Å². The third kappa shape index (κ3) is 7.94. The van der Waals surface area contributed by atoms with Crippen LogP contribution in [-0.4, -0.2) is 82.7 Å². The maximum atomic E-state index is 12.2. The molecule has 0 radical (unpaired) electrons. The quantitative estimate of drug-likeness (QED) is 0.235. The van der Waals surface area contributed by atoms with Gasteiger partial charge in [0.2, 0.25) is 0 Å². The zero-order valence-corrected chi connectivity index (χ0v) is 16.9. The molecule has 0 aromatic heterocycles. The van der Waals surface area contributed by atoms with Gasteiger partial charge in [-0.2, -0.15) is 0 Å². The minimum Gasteiger partial charge on any atom is -0.496 e. The van der Waals surface area contributed by atoms with Gasteiger partial charge in [-0.05, 0) is 19.1 Å². The van der Waals surface area contributed by atoms with Gasteiger partial charge in [-0.15, -0.1) is 0 Å². The average molecular weight is 407 g/mol. The number of fused-ring (bicyclic) bond motifs is 1. The van der Waals surface area contributed by atoms with Crippen molar-refractivity contribution in [3.63, 3.8) is 0 Å². The SMILES string of the molecule is C=C(C)OCCOCCOCCOCCOCCN1C(=O)c2ccccc2C1=O. The highest BCUT2D eigenvalue weighted by atomic mass is 16.6. The molecule has 1 aliphatic rings. The van der Waals surface area contributed by atoms with E-state index in [1.165, 1.54) is 4.90 Å². The van der Waals surface area contributed by atoms with E-state index in [1.807, 2.05) is 0 Å². The van der Waals surface area contributed by atoms with E-state index >= 15 is 0 Å². The summed E-state index contributed by atoms with van der Waals surface area (Å²) in [6, 6.07) is 6.82. The number of carbonyl (C=O) groups is 2. The lowest BCUT2D eigenvalue weighted by molar-refractivity contribution is -0.00802. The Hall–Kier alpha value is -2.26. The van der Waals surface area contributed by atoms with Crippen molar-refractivity contribution in [2.24, 2.45) is 0 Å². The molecular formula is C21H29NO7. The summed E-state index contributed by atoms with van der Waals surface area (Å²) in [5.74, 6) is 0.138. The first-order valence-corrected chi connectivity index (χ1v) is 9.65. The van der Waals surface area contributed by atoms with Crippen LogP contribution in [0.15, 0.2) is 36.6 Å². The van der Waals surface area contributed by atoms with Crippen LogP contribution in [0.5, 0.6) is 0 Å². The monoisotopic (exact) mass is 407 g/mol. The van der Waals surface area contributed by atoms with Crippen LogP contribution in [0, 0.1) is 0 Å². The Labute approximate surface area is 171 Å². The van der Waals surface area contributed by atoms with E-state index in [0.29, 0.717) is 69.7 Å². The number of ether oxygens (including phenoxy) is 5. The molecule has 0 spiro atoms. The van der Waals surface area contributed by atoms with Crippen LogP contribution in [0.25, 0.3) is 0 Å². The zero-order chi connectivity index (χ0) is 20.9. The van der Waals surface area contributed by atoms with Crippen LogP contribution in [0.4, 0.5) is 0 Å². The minimum atomic E-state index is -0.269. The van der Waals surface area contributed by atoms with Gasteiger partial charge in [0.25, 0.3) is 11.8 Å². The summed E-state index contributed by atoms with van der Waals surface area (Å²) in [5, 5.41) is 0. The van der Waals surface area contributed by atoms with E-state index in [1.54, 1.807) is 31.2 Å². The fourth-order valence-electron chi connectivity index (χ4n) is 2.63. The van der Waals surface area contributed by atoms with E-state index < -0.39 is 0 Å². The van der Waals surface area contributed by atoms with Crippen LogP contribution in [0.3, 0.4) is 0 Å². The predicted octanol–water partition coefficient (Wildman–Crippen LogP) is 1.90. The fraction of sp³-hybridized carbons (Fsp3) is 0.524. The molecule has 2 amide bonds. The van der Waals surface area contributed by atoms with Crippen LogP contribution in [0.2, 0.25) is 0 Å². The molecule has 2 rings (SSSR count). The van der Waals surface area contributed by atoms with Crippen molar-refractivity contribution in [1.29, 1.82) is 0 Å². The Bertz CT molecular complexity index is 642. The van der Waals surface area contributed by atoms with Crippen molar-refractivity contribution in [3.05, 3.63) is 47.7 Å². The summed E-state index contributed by atoms with van der Waals surface area (Å²) < 4.78 is 26.7. The van der Waals surface area contributed by atoms with Gasteiger partial charge >= 0.3 is 0 Å². The summed E-state index contributed by atoms with van der Waals surface area (Å²) in [6.07, 6.45) is 0. The van der Waals surface area contributed by atoms with Crippen LogP contribution < -0.4 is 0 Å². The number of imide groups is 1. The van der Waals surface area contributed by atoms with Gasteiger partial charge in [0, 0.05) is 0 Å². The molecular weight excluding hydrogens is 378 g/mol. The molecule has 0 aliphatic carbocycles. The average Bonchev–Trinajstić information content (AvgIpc) is 2.95. The third-order valence-electron chi connectivity index (χ3n) is 4.03. The van der Waals surface area contributed by atoms with Gasteiger partial charge in [0.05, 0.1) is 76.3 Å². The van der Waals surface area contributed by atoms with Crippen LogP contribution >= 0.6 is 0 Å². The summed E-state index contributed by atoms with van der Waals surface area (Å²) in [6.45, 7) is 9.65. The topological polar surface area (TPSA) is 83.5 Å². The zero-order valence-electron chi connectivity index (χ0n) is 16.9. The highest BCUT2D eigenvalue weighted by Gasteiger charge is 2.34. The second kappa shape index (κ2) is 13.1. The number of allylic oxidation sites excluding steroid dienone is 1. The standard InChI is InChI=1S/C21H29NO7/c1-17(2)29-16-15-28-14-13-27-12-11-26-10-9-25-8-7-22-20(23)18-5-3-4-6-19(18)21(22)24/h3-6H,1,7-16H2,2H3. The Morgan fingerprint density at radius 1 is 0.759 bits per heavy atom. The van der Waals surface area contributed by atoms with E-state index in [9.17, 15) is 9.59 Å². The van der Waals surface area contributed by atoms with Crippen LogP contribution in [-0.2, 0) is 23.7 Å². The van der Waals surface area contributed by atoms with Crippen molar-refractivity contribution >= 4 is 11.8 Å². The lowest BCUT2D eigenvalue weighted by Gasteiger charge is -2.13. The van der Waals surface area contributed by atoms with E-state index in [-0.39, 0.29) is 25.0 Å². The smallest absolute Gasteiger partial charge is 0.261 e. The normalized spacial score (nSPS) is 13.1. The van der Waals surface area contributed by atoms with Gasteiger partial charge in [-0.3, -0.25) is 14.5 Å². The second-order valence-corrected chi connectivity index (χ2v) is 6.31. The molecule has 0 fully saturated rings. The van der Waals surface area contributed by atoms with Gasteiger partial charge in [0.15, 0.2) is 0 Å². The van der Waals surface area contributed by atoms with Crippen molar-refractivity contribution in [2.45, 2.75) is 6.92 Å². The molecule has 160 valence electrons. The number of nitrogens with zero attached hydrogens (tertiary/aromatic N) is 1. The second-order valence-electron chi connectivity index (χ2n) is 6.31. The van der Waals surface area contributed by atoms with Crippen molar-refractivity contribution in [2.75, 3.05) is 66.0 Å². The molecule has 0 saturated heterocycles. The van der Waals surface area contributed by atoms with Gasteiger partial charge in [-0.1, -0.05) is 18.7 Å². The fourth-order valence-corrected chi connectivity index (χ4v) is 2.63. The lowest BCUT2D eigenvalue weighted by atomic mass is 10.1. The highest BCUT2D eigenvalue weighted by molar-refractivity contribution is 6.21. The van der Waals surface area contributed by atoms with Crippen LogP contribution in [0.1, 0.15) is 27.6 Å². The van der Waals surface area contributed by atoms with E-state index in [2.05, 4.69) is 6.58 Å². The molecule has 29 heavy (non-hydrogen) atoms. The first-order valence-electron chi connectivity index (χ1n) is 9.65. The molecule has 0 atom stereocenters. The van der Waals surface area contributed by atoms with Gasteiger partial charge in [-0.25, -0.2) is 0 Å². The lowest BCUT2D eigenvalue weighted by Crippen LogP contribution is -2.33. The summed E-state index contributed by atoms with van der Waals surface area (Å²) in [7, 11) is 0. The molecule has 0 saturated carbocycles. The first kappa shape index (κ1) is 23.0. The molecule has 0 unspecified atom stereocenters. The molecule has 1 heterocycles. The van der Waals surface area contributed by atoms with Crippen molar-refractivity contribution in [3.8, 4) is 0 Å². The number of hydrogen-bond donors (Lipinski definition) is 0. The highest BCUT2D eigenvalue weighted by Crippen LogP contribution is 2.21. The third-order valence-corrected chi connectivity index (χ3v) is 4.03. The number of rotatable bonds is 16. The predicted molar refractivity (Wildman–Crippen MR) is 106 cm³/mol. The van der Waals surface area contributed by atoms with Crippen molar-refractivity contribution in [1.82, 2.24) is 4.90 Å². The van der Waals surface area contributed by atoms with Gasteiger partial charge < -0.3 is 23.7 Å². The Morgan fingerprint density at radius 2 is 1.17 bits per heavy atom. The Balaban J connectivity index is 1.39. The van der Waals surface area contributed by atoms with Crippen molar-refractivity contribution < 1.29 is 33.3 Å². The molecule has 1 aromatic carbocycles. The molecule has 1 aliphatic heterocycles. The summed E-state index contributed by atoms with van der Waals surface area (Å²) >= 11 is 0.